The molecule has 2 rings (SSSR count). The SMILES string of the molecule is CCCC1CCC(N)C(Sc2cccc(Cl)c2)C1. The van der Waals surface area contributed by atoms with Gasteiger partial charge in [0.2, 0.25) is 0 Å². The maximum absolute atomic E-state index is 6.27. The van der Waals surface area contributed by atoms with Crippen LogP contribution in [0.2, 0.25) is 5.02 Å². The predicted molar refractivity (Wildman–Crippen MR) is 81.3 cm³/mol. The first-order chi connectivity index (χ1) is 8.69. The maximum Gasteiger partial charge on any atom is 0.0417 e. The highest BCUT2D eigenvalue weighted by Crippen LogP contribution is 2.37. The van der Waals surface area contributed by atoms with Gasteiger partial charge in [-0.25, -0.2) is 0 Å². The molecule has 0 bridgehead atoms. The summed E-state index contributed by atoms with van der Waals surface area (Å²) in [5, 5.41) is 1.36. The summed E-state index contributed by atoms with van der Waals surface area (Å²) in [6.07, 6.45) is 6.37. The Bertz CT molecular complexity index is 383. The molecule has 3 atom stereocenters. The number of rotatable bonds is 4. The molecule has 1 nitrogen and oxygen atoms in total. The van der Waals surface area contributed by atoms with Gasteiger partial charge in [-0.15, -0.1) is 11.8 Å². The van der Waals surface area contributed by atoms with Gasteiger partial charge in [0, 0.05) is 21.2 Å². The number of nitrogens with two attached hydrogens (primary N) is 1. The molecule has 0 spiro atoms. The first-order valence-electron chi connectivity index (χ1n) is 6.87. The van der Waals surface area contributed by atoms with Crippen molar-refractivity contribution < 1.29 is 0 Å². The monoisotopic (exact) mass is 283 g/mol. The zero-order valence-corrected chi connectivity index (χ0v) is 12.5. The van der Waals surface area contributed by atoms with Crippen molar-refractivity contribution in [2.24, 2.45) is 11.7 Å². The van der Waals surface area contributed by atoms with Gasteiger partial charge in [0.05, 0.1) is 0 Å². The van der Waals surface area contributed by atoms with Crippen LogP contribution in [-0.4, -0.2) is 11.3 Å². The molecule has 0 heterocycles. The molecule has 18 heavy (non-hydrogen) atoms. The van der Waals surface area contributed by atoms with E-state index in [4.69, 9.17) is 17.3 Å². The average molecular weight is 284 g/mol. The van der Waals surface area contributed by atoms with Crippen molar-refractivity contribution in [3.8, 4) is 0 Å². The van der Waals surface area contributed by atoms with Crippen molar-refractivity contribution in [2.45, 2.75) is 55.2 Å². The van der Waals surface area contributed by atoms with Crippen molar-refractivity contribution >= 4 is 23.4 Å². The number of hydrogen-bond donors (Lipinski definition) is 1. The van der Waals surface area contributed by atoms with E-state index in [1.165, 1.54) is 37.0 Å². The van der Waals surface area contributed by atoms with Crippen LogP contribution in [0.1, 0.15) is 39.0 Å². The molecule has 1 aromatic rings. The van der Waals surface area contributed by atoms with Gasteiger partial charge in [0.15, 0.2) is 0 Å². The number of halogens is 1. The Morgan fingerprint density at radius 1 is 1.39 bits per heavy atom. The lowest BCUT2D eigenvalue weighted by atomic mass is 9.83. The van der Waals surface area contributed by atoms with Crippen LogP contribution in [0, 0.1) is 5.92 Å². The van der Waals surface area contributed by atoms with Crippen molar-refractivity contribution in [2.75, 3.05) is 0 Å². The van der Waals surface area contributed by atoms with E-state index >= 15 is 0 Å². The van der Waals surface area contributed by atoms with Crippen LogP contribution in [-0.2, 0) is 0 Å². The van der Waals surface area contributed by atoms with Crippen LogP contribution in [0.25, 0.3) is 0 Å². The fourth-order valence-corrected chi connectivity index (χ4v) is 4.39. The summed E-state index contributed by atoms with van der Waals surface area (Å²) in [6, 6.07) is 8.45. The van der Waals surface area contributed by atoms with Gasteiger partial charge in [-0.1, -0.05) is 37.4 Å². The van der Waals surface area contributed by atoms with E-state index in [1.54, 1.807) is 0 Å². The van der Waals surface area contributed by atoms with E-state index in [9.17, 15) is 0 Å². The van der Waals surface area contributed by atoms with Gasteiger partial charge < -0.3 is 5.73 Å². The lowest BCUT2D eigenvalue weighted by Crippen LogP contribution is -2.38. The Morgan fingerprint density at radius 3 is 2.94 bits per heavy atom. The molecule has 0 amide bonds. The molecule has 0 radical (unpaired) electrons. The molecular formula is C15H22ClNS. The summed E-state index contributed by atoms with van der Waals surface area (Å²) in [5.74, 6) is 0.867. The molecule has 1 aromatic carbocycles. The average Bonchev–Trinajstić information content (AvgIpc) is 2.34. The van der Waals surface area contributed by atoms with Crippen LogP contribution < -0.4 is 5.73 Å². The fraction of sp³-hybridized carbons (Fsp3) is 0.600. The summed E-state index contributed by atoms with van der Waals surface area (Å²) in [6.45, 7) is 2.27. The molecule has 1 fully saturated rings. The predicted octanol–water partition coefficient (Wildman–Crippen LogP) is 4.73. The van der Waals surface area contributed by atoms with Crippen LogP contribution >= 0.6 is 23.4 Å². The van der Waals surface area contributed by atoms with Crippen LogP contribution in [0.5, 0.6) is 0 Å². The van der Waals surface area contributed by atoms with Crippen molar-refractivity contribution in [3.63, 3.8) is 0 Å². The lowest BCUT2D eigenvalue weighted by molar-refractivity contribution is 0.317. The highest BCUT2D eigenvalue weighted by molar-refractivity contribution is 8.00. The van der Waals surface area contributed by atoms with Crippen molar-refractivity contribution in [1.29, 1.82) is 0 Å². The third kappa shape index (κ3) is 3.91. The van der Waals surface area contributed by atoms with E-state index < -0.39 is 0 Å². The molecule has 2 N–H and O–H groups in total. The topological polar surface area (TPSA) is 26.0 Å². The normalized spacial score (nSPS) is 28.3. The summed E-state index contributed by atoms with van der Waals surface area (Å²) in [7, 11) is 0. The highest BCUT2D eigenvalue weighted by Gasteiger charge is 2.28. The third-order valence-electron chi connectivity index (χ3n) is 3.73. The van der Waals surface area contributed by atoms with Gasteiger partial charge in [-0.2, -0.15) is 0 Å². The van der Waals surface area contributed by atoms with E-state index in [0.717, 1.165) is 10.9 Å². The van der Waals surface area contributed by atoms with Gasteiger partial charge in [0.1, 0.15) is 0 Å². The standard InChI is InChI=1S/C15H22ClNS/c1-2-4-11-7-8-14(17)15(9-11)18-13-6-3-5-12(16)10-13/h3,5-6,10-11,14-15H,2,4,7-9,17H2,1H3. The first-order valence-corrected chi connectivity index (χ1v) is 8.12. The summed E-state index contributed by atoms with van der Waals surface area (Å²) < 4.78 is 0. The molecule has 1 saturated carbocycles. The van der Waals surface area contributed by atoms with Crippen LogP contribution in [0.3, 0.4) is 0 Å². The Kier molecular flexibility index (Phi) is 5.40. The minimum absolute atomic E-state index is 0.335. The Labute approximate surface area is 119 Å². The largest absolute Gasteiger partial charge is 0.327 e. The highest BCUT2D eigenvalue weighted by atomic mass is 35.5. The zero-order chi connectivity index (χ0) is 13.0. The molecule has 1 aliphatic rings. The number of hydrogen-bond acceptors (Lipinski definition) is 2. The van der Waals surface area contributed by atoms with Crippen LogP contribution in [0.15, 0.2) is 29.2 Å². The van der Waals surface area contributed by atoms with Crippen LogP contribution in [0.4, 0.5) is 0 Å². The number of thioether (sulfide) groups is 1. The second kappa shape index (κ2) is 6.83. The van der Waals surface area contributed by atoms with E-state index in [1.807, 2.05) is 30.0 Å². The maximum atomic E-state index is 6.27. The van der Waals surface area contributed by atoms with E-state index in [0.29, 0.717) is 11.3 Å². The van der Waals surface area contributed by atoms with Gasteiger partial charge in [-0.3, -0.25) is 0 Å². The minimum Gasteiger partial charge on any atom is -0.327 e. The smallest absolute Gasteiger partial charge is 0.0417 e. The van der Waals surface area contributed by atoms with E-state index in [-0.39, 0.29) is 0 Å². The molecular weight excluding hydrogens is 262 g/mol. The zero-order valence-electron chi connectivity index (χ0n) is 10.9. The molecule has 0 aromatic heterocycles. The molecule has 100 valence electrons. The minimum atomic E-state index is 0.335. The molecule has 1 aliphatic carbocycles. The fourth-order valence-electron chi connectivity index (χ4n) is 2.76. The van der Waals surface area contributed by atoms with Crippen molar-refractivity contribution in [1.82, 2.24) is 0 Å². The van der Waals surface area contributed by atoms with E-state index in [2.05, 4.69) is 13.0 Å². The Balaban J connectivity index is 1.98. The summed E-state index contributed by atoms with van der Waals surface area (Å²) >= 11 is 7.94. The number of benzene rings is 1. The molecule has 3 heteroatoms. The first kappa shape index (κ1) is 14.2. The molecule has 3 unspecified atom stereocenters. The van der Waals surface area contributed by atoms with Crippen molar-refractivity contribution in [3.05, 3.63) is 29.3 Å². The Hall–Kier alpha value is -0.180. The molecule has 0 saturated heterocycles. The van der Waals surface area contributed by atoms with Gasteiger partial charge >= 0.3 is 0 Å². The third-order valence-corrected chi connectivity index (χ3v) is 5.34. The summed E-state index contributed by atoms with van der Waals surface area (Å²) in [4.78, 5) is 1.25. The second-order valence-corrected chi connectivity index (χ2v) is 6.99. The van der Waals surface area contributed by atoms with Gasteiger partial charge in [-0.05, 0) is 43.4 Å². The lowest BCUT2D eigenvalue weighted by Gasteiger charge is -2.33. The second-order valence-electron chi connectivity index (χ2n) is 5.25. The van der Waals surface area contributed by atoms with Gasteiger partial charge in [0.25, 0.3) is 0 Å². The molecule has 0 aliphatic heterocycles. The summed E-state index contributed by atoms with van der Waals surface area (Å²) in [5.41, 5.74) is 6.27. The Morgan fingerprint density at radius 2 is 2.22 bits per heavy atom. The quantitative estimate of drug-likeness (QED) is 0.865.